The predicted molar refractivity (Wildman–Crippen MR) is 102 cm³/mol. The number of hydrogen-bond donors (Lipinski definition) is 1. The van der Waals surface area contributed by atoms with Gasteiger partial charge >= 0.3 is 0 Å². The third kappa shape index (κ3) is 4.57. The highest BCUT2D eigenvalue weighted by Crippen LogP contribution is 2.30. The van der Waals surface area contributed by atoms with Crippen molar-refractivity contribution in [1.29, 1.82) is 0 Å². The van der Waals surface area contributed by atoms with E-state index in [1.165, 1.54) is 0 Å². The fraction of sp³-hybridized carbons (Fsp3) is 0.667. The van der Waals surface area contributed by atoms with Crippen molar-refractivity contribution >= 4 is 5.91 Å². The Labute approximate surface area is 156 Å². The summed E-state index contributed by atoms with van der Waals surface area (Å²) in [5.74, 6) is 1.58. The second kappa shape index (κ2) is 8.40. The van der Waals surface area contributed by atoms with Crippen molar-refractivity contribution < 1.29 is 14.6 Å². The Kier molecular flexibility index (Phi) is 6.20. The number of carbonyl (C=O) groups is 1. The fourth-order valence-electron chi connectivity index (χ4n) is 4.08. The van der Waals surface area contributed by atoms with Gasteiger partial charge in [-0.3, -0.25) is 9.69 Å². The van der Waals surface area contributed by atoms with Crippen molar-refractivity contribution in [1.82, 2.24) is 9.80 Å². The number of piperidine rings is 1. The molecule has 2 aliphatic rings. The number of aliphatic hydroxyl groups excluding tert-OH is 1. The summed E-state index contributed by atoms with van der Waals surface area (Å²) in [5.41, 5.74) is 2.14. The van der Waals surface area contributed by atoms with Crippen molar-refractivity contribution in [2.24, 2.45) is 5.92 Å². The summed E-state index contributed by atoms with van der Waals surface area (Å²) >= 11 is 0. The summed E-state index contributed by atoms with van der Waals surface area (Å²) in [6.45, 7) is 10.0. The molecule has 1 atom stereocenters. The third-order valence-corrected chi connectivity index (χ3v) is 5.60. The average molecular weight is 360 g/mol. The molecule has 5 heteroatoms. The standard InChI is InChI=1S/C21H32N2O3/c1-15(2)12-20(25)17-4-5-21-18(13-17)14-23(10-11-26-21)19-6-8-22(9-7-19)16(3)24/h4-5,13,15,19-20,25H,6-12,14H2,1-3H3. The van der Waals surface area contributed by atoms with Gasteiger partial charge in [-0.15, -0.1) is 0 Å². The lowest BCUT2D eigenvalue weighted by atomic mass is 9.97. The molecule has 0 saturated carbocycles. The molecule has 0 radical (unpaired) electrons. The fourth-order valence-corrected chi connectivity index (χ4v) is 4.08. The van der Waals surface area contributed by atoms with Crippen LogP contribution in [0.25, 0.3) is 0 Å². The van der Waals surface area contributed by atoms with E-state index in [1.807, 2.05) is 17.0 Å². The third-order valence-electron chi connectivity index (χ3n) is 5.60. The van der Waals surface area contributed by atoms with E-state index < -0.39 is 6.10 Å². The molecule has 5 nitrogen and oxygen atoms in total. The molecule has 1 aromatic rings. The number of carbonyl (C=O) groups excluding carboxylic acids is 1. The molecule has 1 fully saturated rings. The van der Waals surface area contributed by atoms with Crippen LogP contribution in [0.15, 0.2) is 18.2 Å². The Balaban J connectivity index is 1.70. The number of rotatable bonds is 4. The highest BCUT2D eigenvalue weighted by atomic mass is 16.5. The van der Waals surface area contributed by atoms with Crippen LogP contribution in [0.5, 0.6) is 5.75 Å². The Bertz CT molecular complexity index is 624. The maximum Gasteiger partial charge on any atom is 0.219 e. The second-order valence-electron chi connectivity index (χ2n) is 8.07. The van der Waals surface area contributed by atoms with E-state index in [-0.39, 0.29) is 5.91 Å². The Morgan fingerprint density at radius 2 is 2.00 bits per heavy atom. The molecule has 26 heavy (non-hydrogen) atoms. The number of amides is 1. The lowest BCUT2D eigenvalue weighted by Gasteiger charge is -2.37. The van der Waals surface area contributed by atoms with E-state index in [4.69, 9.17) is 4.74 Å². The van der Waals surface area contributed by atoms with Crippen molar-refractivity contribution in [3.8, 4) is 5.75 Å². The van der Waals surface area contributed by atoms with Crippen LogP contribution in [0.3, 0.4) is 0 Å². The highest BCUT2D eigenvalue weighted by Gasteiger charge is 2.28. The number of benzene rings is 1. The van der Waals surface area contributed by atoms with Gasteiger partial charge in [-0.05, 0) is 42.9 Å². The molecule has 144 valence electrons. The summed E-state index contributed by atoms with van der Waals surface area (Å²) in [6.07, 6.45) is 2.39. The summed E-state index contributed by atoms with van der Waals surface area (Å²) in [5, 5.41) is 10.5. The van der Waals surface area contributed by atoms with E-state index >= 15 is 0 Å². The molecule has 1 amide bonds. The lowest BCUT2D eigenvalue weighted by molar-refractivity contribution is -0.130. The van der Waals surface area contributed by atoms with E-state index in [1.54, 1.807) is 6.92 Å². The van der Waals surface area contributed by atoms with E-state index in [0.717, 1.165) is 62.3 Å². The Hall–Kier alpha value is -1.59. The smallest absolute Gasteiger partial charge is 0.219 e. The minimum Gasteiger partial charge on any atom is -0.492 e. The van der Waals surface area contributed by atoms with Crippen LogP contribution in [0.4, 0.5) is 0 Å². The van der Waals surface area contributed by atoms with Gasteiger partial charge in [-0.2, -0.15) is 0 Å². The summed E-state index contributed by atoms with van der Waals surface area (Å²) in [7, 11) is 0. The Morgan fingerprint density at radius 3 is 2.65 bits per heavy atom. The summed E-state index contributed by atoms with van der Waals surface area (Å²) < 4.78 is 5.96. The van der Waals surface area contributed by atoms with Crippen molar-refractivity contribution in [2.45, 2.75) is 58.7 Å². The number of likely N-dealkylation sites (tertiary alicyclic amines) is 1. The van der Waals surface area contributed by atoms with E-state index in [2.05, 4.69) is 24.8 Å². The average Bonchev–Trinajstić information content (AvgIpc) is 2.82. The molecule has 1 N–H and O–H groups in total. The number of nitrogens with zero attached hydrogens (tertiary/aromatic N) is 2. The summed E-state index contributed by atoms with van der Waals surface area (Å²) in [4.78, 5) is 16.0. The SMILES string of the molecule is CC(=O)N1CCC(N2CCOc3ccc(C(O)CC(C)C)cc3C2)CC1. The molecular formula is C21H32N2O3. The van der Waals surface area contributed by atoms with Gasteiger partial charge < -0.3 is 14.7 Å². The van der Waals surface area contributed by atoms with Crippen LogP contribution in [0.1, 0.15) is 57.3 Å². The van der Waals surface area contributed by atoms with Gasteiger partial charge in [0.25, 0.3) is 0 Å². The molecule has 0 aliphatic carbocycles. The van der Waals surface area contributed by atoms with Crippen LogP contribution in [0, 0.1) is 5.92 Å². The zero-order chi connectivity index (χ0) is 18.7. The van der Waals surface area contributed by atoms with Crippen LogP contribution in [-0.2, 0) is 11.3 Å². The normalized spacial score (nSPS) is 20.4. The first-order valence-corrected chi connectivity index (χ1v) is 9.87. The lowest BCUT2D eigenvalue weighted by Crippen LogP contribution is -2.46. The minimum absolute atomic E-state index is 0.178. The molecule has 1 aromatic carbocycles. The topological polar surface area (TPSA) is 53.0 Å². The van der Waals surface area contributed by atoms with Crippen molar-refractivity contribution in [3.05, 3.63) is 29.3 Å². The van der Waals surface area contributed by atoms with Crippen LogP contribution in [0.2, 0.25) is 0 Å². The Morgan fingerprint density at radius 1 is 1.27 bits per heavy atom. The van der Waals surface area contributed by atoms with Gasteiger partial charge in [-0.1, -0.05) is 19.9 Å². The van der Waals surface area contributed by atoms with E-state index in [9.17, 15) is 9.90 Å². The van der Waals surface area contributed by atoms with Gasteiger partial charge in [0.05, 0.1) is 6.10 Å². The molecule has 1 unspecified atom stereocenters. The maximum absolute atomic E-state index is 11.5. The van der Waals surface area contributed by atoms with Crippen LogP contribution >= 0.6 is 0 Å². The first-order chi connectivity index (χ1) is 12.4. The number of ether oxygens (including phenoxy) is 1. The second-order valence-corrected chi connectivity index (χ2v) is 8.07. The summed E-state index contributed by atoms with van der Waals surface area (Å²) in [6, 6.07) is 6.61. The highest BCUT2D eigenvalue weighted by molar-refractivity contribution is 5.73. The van der Waals surface area contributed by atoms with Gasteiger partial charge in [0, 0.05) is 44.7 Å². The molecule has 0 spiro atoms. The number of aliphatic hydroxyl groups is 1. The van der Waals surface area contributed by atoms with Crippen molar-refractivity contribution in [2.75, 3.05) is 26.2 Å². The van der Waals surface area contributed by atoms with Gasteiger partial charge in [-0.25, -0.2) is 0 Å². The van der Waals surface area contributed by atoms with Gasteiger partial charge in [0.1, 0.15) is 12.4 Å². The molecule has 3 rings (SSSR count). The molecule has 1 saturated heterocycles. The molecule has 2 heterocycles. The molecule has 0 bridgehead atoms. The van der Waals surface area contributed by atoms with Crippen molar-refractivity contribution in [3.63, 3.8) is 0 Å². The molecular weight excluding hydrogens is 328 g/mol. The van der Waals surface area contributed by atoms with Gasteiger partial charge in [0.2, 0.25) is 5.91 Å². The van der Waals surface area contributed by atoms with E-state index in [0.29, 0.717) is 18.6 Å². The largest absolute Gasteiger partial charge is 0.492 e. The zero-order valence-corrected chi connectivity index (χ0v) is 16.3. The number of fused-ring (bicyclic) bond motifs is 1. The molecule has 0 aromatic heterocycles. The zero-order valence-electron chi connectivity index (χ0n) is 16.3. The first-order valence-electron chi connectivity index (χ1n) is 9.87. The van der Waals surface area contributed by atoms with Crippen LogP contribution < -0.4 is 4.74 Å². The minimum atomic E-state index is -0.421. The maximum atomic E-state index is 11.5. The monoisotopic (exact) mass is 360 g/mol. The van der Waals surface area contributed by atoms with Gasteiger partial charge in [0.15, 0.2) is 0 Å². The quantitative estimate of drug-likeness (QED) is 0.897. The van der Waals surface area contributed by atoms with Crippen LogP contribution in [-0.4, -0.2) is 53.1 Å². The first kappa shape index (κ1) is 19.2. The molecule has 2 aliphatic heterocycles. The predicted octanol–water partition coefficient (Wildman–Crippen LogP) is 2.97. The number of hydrogen-bond acceptors (Lipinski definition) is 4.